The Kier molecular flexibility index (Phi) is 4.02. The minimum atomic E-state index is 1.14. The zero-order valence-corrected chi connectivity index (χ0v) is 12.5. The van der Waals surface area contributed by atoms with E-state index >= 15 is 0 Å². The molecule has 0 bridgehead atoms. The van der Waals surface area contributed by atoms with Crippen LogP contribution < -0.4 is 0 Å². The Balaban J connectivity index is 1.91. The van der Waals surface area contributed by atoms with Gasteiger partial charge in [-0.15, -0.1) is 0 Å². The van der Waals surface area contributed by atoms with Crippen LogP contribution in [-0.4, -0.2) is 0 Å². The molecule has 22 heavy (non-hydrogen) atoms. The predicted octanol–water partition coefficient (Wildman–Crippen LogP) is 6.31. The molecule has 0 fully saturated rings. The Morgan fingerprint density at radius 1 is 0.500 bits per heavy atom. The second kappa shape index (κ2) is 6.28. The van der Waals surface area contributed by atoms with Crippen molar-refractivity contribution in [3.05, 3.63) is 97.1 Å². The summed E-state index contributed by atoms with van der Waals surface area (Å²) in [5.41, 5.74) is 7.15. The van der Waals surface area contributed by atoms with Gasteiger partial charge in [-0.3, -0.25) is 0 Å². The standard InChI is InChI=1S/C22H18/c1-3-17-8-10-19(11-9-17)20-12-14-21(15-13-20)22-7-5-6-18(4-2)16-22/h3-16H,1-2H2. The molecule has 3 aromatic carbocycles. The molecule has 0 radical (unpaired) electrons. The fourth-order valence-corrected chi connectivity index (χ4v) is 2.51. The summed E-state index contributed by atoms with van der Waals surface area (Å²) in [5, 5.41) is 0. The van der Waals surface area contributed by atoms with Crippen LogP contribution in [0, 0.1) is 0 Å². The molecule has 0 aliphatic carbocycles. The molecule has 0 amide bonds. The molecule has 3 rings (SSSR count). The summed E-state index contributed by atoms with van der Waals surface area (Å²) >= 11 is 0. The Morgan fingerprint density at radius 2 is 1.00 bits per heavy atom. The van der Waals surface area contributed by atoms with Gasteiger partial charge in [0.1, 0.15) is 0 Å². The van der Waals surface area contributed by atoms with Crippen LogP contribution in [0.3, 0.4) is 0 Å². The second-order valence-corrected chi connectivity index (χ2v) is 5.23. The summed E-state index contributed by atoms with van der Waals surface area (Å²) in [6.45, 7) is 7.61. The van der Waals surface area contributed by atoms with Gasteiger partial charge in [-0.05, 0) is 39.4 Å². The maximum atomic E-state index is 3.83. The Bertz CT molecular complexity index is 790. The molecule has 0 aliphatic heterocycles. The maximum absolute atomic E-state index is 3.83. The van der Waals surface area contributed by atoms with Gasteiger partial charge in [-0.2, -0.15) is 0 Å². The van der Waals surface area contributed by atoms with Crippen molar-refractivity contribution in [2.24, 2.45) is 0 Å². The number of hydrogen-bond donors (Lipinski definition) is 0. The lowest BCUT2D eigenvalue weighted by Crippen LogP contribution is -1.82. The molecule has 3 aromatic rings. The Morgan fingerprint density at radius 3 is 1.55 bits per heavy atom. The summed E-state index contributed by atoms with van der Waals surface area (Å²) in [6, 6.07) is 25.5. The number of rotatable bonds is 4. The van der Waals surface area contributed by atoms with Crippen molar-refractivity contribution < 1.29 is 0 Å². The highest BCUT2D eigenvalue weighted by atomic mass is 14.1. The van der Waals surface area contributed by atoms with E-state index in [1.807, 2.05) is 12.2 Å². The molecular weight excluding hydrogens is 264 g/mol. The summed E-state index contributed by atoms with van der Waals surface area (Å²) in [6.07, 6.45) is 3.73. The molecule has 0 aliphatic rings. The lowest BCUT2D eigenvalue weighted by atomic mass is 9.98. The topological polar surface area (TPSA) is 0 Å². The van der Waals surface area contributed by atoms with E-state index in [9.17, 15) is 0 Å². The summed E-state index contributed by atoms with van der Waals surface area (Å²) < 4.78 is 0. The van der Waals surface area contributed by atoms with Crippen LogP contribution in [0.25, 0.3) is 34.4 Å². The highest BCUT2D eigenvalue weighted by Gasteiger charge is 2.01. The smallest absolute Gasteiger partial charge is 0.0178 e. The molecule has 0 spiro atoms. The molecule has 0 saturated heterocycles. The molecule has 0 N–H and O–H groups in total. The average molecular weight is 282 g/mol. The maximum Gasteiger partial charge on any atom is -0.0178 e. The highest BCUT2D eigenvalue weighted by molar-refractivity contribution is 5.72. The quantitative estimate of drug-likeness (QED) is 0.526. The number of hydrogen-bond acceptors (Lipinski definition) is 0. The molecule has 0 unspecified atom stereocenters. The third-order valence-electron chi connectivity index (χ3n) is 3.82. The molecular formula is C22H18. The van der Waals surface area contributed by atoms with E-state index in [-0.39, 0.29) is 0 Å². The number of benzene rings is 3. The molecule has 106 valence electrons. The fourth-order valence-electron chi connectivity index (χ4n) is 2.51. The van der Waals surface area contributed by atoms with E-state index < -0.39 is 0 Å². The first-order valence-electron chi connectivity index (χ1n) is 7.36. The van der Waals surface area contributed by atoms with Gasteiger partial charge in [0.15, 0.2) is 0 Å². The van der Waals surface area contributed by atoms with Gasteiger partial charge in [0.25, 0.3) is 0 Å². The Labute approximate surface area is 132 Å². The van der Waals surface area contributed by atoms with E-state index in [4.69, 9.17) is 0 Å². The third kappa shape index (κ3) is 2.91. The molecule has 0 heteroatoms. The van der Waals surface area contributed by atoms with Crippen molar-refractivity contribution in [2.75, 3.05) is 0 Å². The molecule has 0 atom stereocenters. The largest absolute Gasteiger partial charge is 0.0985 e. The first kappa shape index (κ1) is 14.1. The van der Waals surface area contributed by atoms with Gasteiger partial charge in [0, 0.05) is 0 Å². The molecule has 0 aromatic heterocycles. The van der Waals surface area contributed by atoms with Crippen LogP contribution in [0.4, 0.5) is 0 Å². The fraction of sp³-hybridized carbons (Fsp3) is 0. The summed E-state index contributed by atoms with van der Waals surface area (Å²) in [7, 11) is 0. The van der Waals surface area contributed by atoms with Gasteiger partial charge in [-0.1, -0.05) is 92.0 Å². The third-order valence-corrected chi connectivity index (χ3v) is 3.82. The average Bonchev–Trinajstić information content (AvgIpc) is 2.62. The SMILES string of the molecule is C=Cc1ccc(-c2ccc(-c3cccc(C=C)c3)cc2)cc1. The minimum absolute atomic E-state index is 1.14. The first-order chi connectivity index (χ1) is 10.8. The molecule has 0 heterocycles. The predicted molar refractivity (Wildman–Crippen MR) is 97.5 cm³/mol. The van der Waals surface area contributed by atoms with E-state index in [1.54, 1.807) is 0 Å². The van der Waals surface area contributed by atoms with E-state index in [1.165, 1.54) is 22.3 Å². The summed E-state index contributed by atoms with van der Waals surface area (Å²) in [5.74, 6) is 0. The van der Waals surface area contributed by atoms with Crippen LogP contribution in [-0.2, 0) is 0 Å². The van der Waals surface area contributed by atoms with Crippen molar-refractivity contribution in [1.82, 2.24) is 0 Å². The first-order valence-corrected chi connectivity index (χ1v) is 7.36. The van der Waals surface area contributed by atoms with Crippen LogP contribution in [0.15, 0.2) is 86.0 Å². The van der Waals surface area contributed by atoms with E-state index in [2.05, 4.69) is 86.0 Å². The van der Waals surface area contributed by atoms with Crippen LogP contribution >= 0.6 is 0 Å². The van der Waals surface area contributed by atoms with Gasteiger partial charge in [0.05, 0.1) is 0 Å². The monoisotopic (exact) mass is 282 g/mol. The van der Waals surface area contributed by atoms with Crippen LogP contribution in [0.5, 0.6) is 0 Å². The van der Waals surface area contributed by atoms with Gasteiger partial charge in [0.2, 0.25) is 0 Å². The van der Waals surface area contributed by atoms with Gasteiger partial charge in [-0.25, -0.2) is 0 Å². The van der Waals surface area contributed by atoms with Crippen molar-refractivity contribution in [3.63, 3.8) is 0 Å². The van der Waals surface area contributed by atoms with Crippen molar-refractivity contribution >= 4 is 12.2 Å². The molecule has 0 nitrogen and oxygen atoms in total. The molecule has 0 saturated carbocycles. The Hall–Kier alpha value is -2.86. The summed E-state index contributed by atoms with van der Waals surface area (Å²) in [4.78, 5) is 0. The van der Waals surface area contributed by atoms with Crippen molar-refractivity contribution in [3.8, 4) is 22.3 Å². The lowest BCUT2D eigenvalue weighted by Gasteiger charge is -2.06. The minimum Gasteiger partial charge on any atom is -0.0985 e. The normalized spacial score (nSPS) is 10.2. The van der Waals surface area contributed by atoms with E-state index in [0.29, 0.717) is 0 Å². The van der Waals surface area contributed by atoms with Crippen molar-refractivity contribution in [2.45, 2.75) is 0 Å². The van der Waals surface area contributed by atoms with Crippen LogP contribution in [0.1, 0.15) is 11.1 Å². The highest BCUT2D eigenvalue weighted by Crippen LogP contribution is 2.26. The van der Waals surface area contributed by atoms with Crippen LogP contribution in [0.2, 0.25) is 0 Å². The zero-order valence-electron chi connectivity index (χ0n) is 12.5. The zero-order chi connectivity index (χ0) is 15.4. The lowest BCUT2D eigenvalue weighted by molar-refractivity contribution is 1.57. The van der Waals surface area contributed by atoms with E-state index in [0.717, 1.165) is 11.1 Å². The second-order valence-electron chi connectivity index (χ2n) is 5.23. The van der Waals surface area contributed by atoms with Crippen molar-refractivity contribution in [1.29, 1.82) is 0 Å². The van der Waals surface area contributed by atoms with Gasteiger partial charge < -0.3 is 0 Å². The van der Waals surface area contributed by atoms with Gasteiger partial charge >= 0.3 is 0 Å².